The van der Waals surface area contributed by atoms with Crippen LogP contribution < -0.4 is 15.4 Å². The Morgan fingerprint density at radius 3 is 2.96 bits per heavy atom. The number of nitrogens with zero attached hydrogens (tertiary/aromatic N) is 1. The Morgan fingerprint density at radius 1 is 1.35 bits per heavy atom. The van der Waals surface area contributed by atoms with Crippen molar-refractivity contribution in [1.82, 2.24) is 10.2 Å². The maximum Gasteiger partial charge on any atom is 0.256 e. The Labute approximate surface area is 165 Å². The third-order valence-electron chi connectivity index (χ3n) is 4.94. The first-order valence-corrected chi connectivity index (χ1v) is 10.6. The van der Waals surface area contributed by atoms with Crippen LogP contribution in [0.3, 0.4) is 0 Å². The lowest BCUT2D eigenvalue weighted by Gasteiger charge is -2.29. The predicted molar refractivity (Wildman–Crippen MR) is 108 cm³/mol. The predicted octanol–water partition coefficient (Wildman–Crippen LogP) is 4.14. The summed E-state index contributed by atoms with van der Waals surface area (Å²) in [6, 6.07) is 5.89. The fourth-order valence-corrected chi connectivity index (χ4v) is 5.32. The van der Waals surface area contributed by atoms with Gasteiger partial charge in [-0.25, -0.2) is 0 Å². The van der Waals surface area contributed by atoms with Gasteiger partial charge >= 0.3 is 0 Å². The molecule has 138 valence electrons. The van der Waals surface area contributed by atoms with Gasteiger partial charge in [0.05, 0.1) is 12.2 Å². The average Bonchev–Trinajstić information content (AvgIpc) is 3.01. The summed E-state index contributed by atoms with van der Waals surface area (Å²) in [5.41, 5.74) is 2.99. The van der Waals surface area contributed by atoms with Crippen LogP contribution in [0.5, 0.6) is 5.75 Å². The van der Waals surface area contributed by atoms with E-state index in [9.17, 15) is 4.79 Å². The molecule has 0 bridgehead atoms. The number of amides is 1. The number of anilines is 1. The highest BCUT2D eigenvalue weighted by molar-refractivity contribution is 9.10. The van der Waals surface area contributed by atoms with Crippen LogP contribution in [0.15, 0.2) is 22.7 Å². The van der Waals surface area contributed by atoms with Gasteiger partial charge in [0, 0.05) is 28.0 Å². The molecule has 0 spiro atoms. The van der Waals surface area contributed by atoms with E-state index in [1.165, 1.54) is 10.4 Å². The fourth-order valence-electron chi connectivity index (χ4n) is 3.63. The van der Waals surface area contributed by atoms with Gasteiger partial charge in [0.15, 0.2) is 0 Å². The van der Waals surface area contributed by atoms with Crippen LogP contribution in [-0.4, -0.2) is 30.5 Å². The number of thiophene rings is 1. The molecule has 0 radical (unpaired) electrons. The lowest BCUT2D eigenvalue weighted by molar-refractivity contribution is 0.0934. The minimum Gasteiger partial charge on any atom is -0.493 e. The second kappa shape index (κ2) is 7.21. The van der Waals surface area contributed by atoms with Gasteiger partial charge in [-0.05, 0) is 43.7 Å². The Balaban J connectivity index is 1.68. The van der Waals surface area contributed by atoms with E-state index in [-0.39, 0.29) is 12.1 Å². The molecule has 0 saturated carbocycles. The van der Waals surface area contributed by atoms with Crippen molar-refractivity contribution < 1.29 is 9.53 Å². The van der Waals surface area contributed by atoms with Crippen LogP contribution in [0.4, 0.5) is 5.00 Å². The van der Waals surface area contributed by atoms with Crippen LogP contribution >= 0.6 is 27.3 Å². The Hall–Kier alpha value is -1.57. The highest BCUT2D eigenvalue weighted by Crippen LogP contribution is 2.42. The van der Waals surface area contributed by atoms with Crippen molar-refractivity contribution in [1.29, 1.82) is 0 Å². The number of halogens is 1. The maximum atomic E-state index is 12.9. The van der Waals surface area contributed by atoms with E-state index >= 15 is 0 Å². The molecule has 0 unspecified atom stereocenters. The normalized spacial score (nSPS) is 19.3. The molecule has 0 saturated heterocycles. The van der Waals surface area contributed by atoms with Crippen LogP contribution in [0.2, 0.25) is 0 Å². The zero-order chi connectivity index (χ0) is 18.3. The number of fused-ring (bicyclic) bond motifs is 3. The SMILES string of the molecule is CCOc1ccc(Br)cc1[C@@H]1NC(=O)c2c(sc3c2CCN(CC)C3)N1. The molecule has 7 heteroatoms. The lowest BCUT2D eigenvalue weighted by atomic mass is 10.00. The van der Waals surface area contributed by atoms with Gasteiger partial charge in [0.2, 0.25) is 0 Å². The third kappa shape index (κ3) is 3.12. The van der Waals surface area contributed by atoms with E-state index in [4.69, 9.17) is 4.74 Å². The number of carbonyl (C=O) groups excluding carboxylic acids is 1. The summed E-state index contributed by atoms with van der Waals surface area (Å²) in [6.07, 6.45) is 0.645. The zero-order valence-corrected chi connectivity index (χ0v) is 17.3. The summed E-state index contributed by atoms with van der Waals surface area (Å²) in [4.78, 5) is 16.6. The number of hydrogen-bond acceptors (Lipinski definition) is 5. The summed E-state index contributed by atoms with van der Waals surface area (Å²) in [5, 5.41) is 7.62. The molecule has 2 aliphatic rings. The summed E-state index contributed by atoms with van der Waals surface area (Å²) in [6.45, 7) is 7.72. The summed E-state index contributed by atoms with van der Waals surface area (Å²) >= 11 is 5.24. The average molecular weight is 436 g/mol. The number of carbonyl (C=O) groups is 1. The van der Waals surface area contributed by atoms with Gasteiger partial charge in [0.25, 0.3) is 5.91 Å². The van der Waals surface area contributed by atoms with Crippen molar-refractivity contribution in [3.63, 3.8) is 0 Å². The molecule has 2 aliphatic heterocycles. The van der Waals surface area contributed by atoms with E-state index in [0.717, 1.165) is 52.4 Å². The van der Waals surface area contributed by atoms with E-state index in [2.05, 4.69) is 38.4 Å². The maximum absolute atomic E-state index is 12.9. The smallest absolute Gasteiger partial charge is 0.256 e. The summed E-state index contributed by atoms with van der Waals surface area (Å²) in [7, 11) is 0. The Bertz CT molecular complexity index is 852. The lowest BCUT2D eigenvalue weighted by Crippen LogP contribution is -2.39. The first kappa shape index (κ1) is 17.8. The quantitative estimate of drug-likeness (QED) is 0.757. The van der Waals surface area contributed by atoms with Crippen molar-refractivity contribution in [3.8, 4) is 5.75 Å². The van der Waals surface area contributed by atoms with Crippen molar-refractivity contribution >= 4 is 38.2 Å². The van der Waals surface area contributed by atoms with E-state index in [1.807, 2.05) is 25.1 Å². The second-order valence-corrected chi connectivity index (χ2v) is 8.51. The first-order valence-electron chi connectivity index (χ1n) is 8.97. The van der Waals surface area contributed by atoms with E-state index in [0.29, 0.717) is 6.61 Å². The van der Waals surface area contributed by atoms with Crippen molar-refractivity contribution in [3.05, 3.63) is 44.2 Å². The molecular formula is C19H22BrN3O2S. The van der Waals surface area contributed by atoms with Crippen LogP contribution in [0, 0.1) is 0 Å². The van der Waals surface area contributed by atoms with Gasteiger partial charge in [-0.1, -0.05) is 22.9 Å². The molecule has 26 heavy (non-hydrogen) atoms. The van der Waals surface area contributed by atoms with Crippen LogP contribution in [-0.2, 0) is 13.0 Å². The highest BCUT2D eigenvalue weighted by Gasteiger charge is 2.34. The topological polar surface area (TPSA) is 53.6 Å². The molecule has 2 N–H and O–H groups in total. The molecule has 1 atom stereocenters. The number of nitrogens with one attached hydrogen (secondary N) is 2. The van der Waals surface area contributed by atoms with Crippen molar-refractivity contribution in [2.45, 2.75) is 33.0 Å². The van der Waals surface area contributed by atoms with Gasteiger partial charge in [-0.2, -0.15) is 0 Å². The molecule has 1 aromatic carbocycles. The van der Waals surface area contributed by atoms with Crippen LogP contribution in [0.25, 0.3) is 0 Å². The van der Waals surface area contributed by atoms with Crippen molar-refractivity contribution in [2.75, 3.05) is 25.0 Å². The largest absolute Gasteiger partial charge is 0.493 e. The zero-order valence-electron chi connectivity index (χ0n) is 14.9. The Kier molecular flexibility index (Phi) is 4.94. The molecule has 1 aromatic heterocycles. The Morgan fingerprint density at radius 2 is 2.19 bits per heavy atom. The standard InChI is InChI=1S/C19H22BrN3O2S/c1-3-23-8-7-12-15(10-23)26-19-16(12)18(24)21-17(22-19)13-9-11(20)5-6-14(13)25-4-2/h5-6,9,17,22H,3-4,7-8,10H2,1-2H3,(H,21,24)/t17-/m1/s1. The van der Waals surface area contributed by atoms with E-state index < -0.39 is 0 Å². The van der Waals surface area contributed by atoms with Gasteiger partial charge in [-0.15, -0.1) is 11.3 Å². The molecule has 1 amide bonds. The fraction of sp³-hybridized carbons (Fsp3) is 0.421. The molecule has 2 aromatic rings. The summed E-state index contributed by atoms with van der Waals surface area (Å²) < 4.78 is 6.72. The number of benzene rings is 1. The van der Waals surface area contributed by atoms with Gasteiger partial charge in [0.1, 0.15) is 16.9 Å². The van der Waals surface area contributed by atoms with Gasteiger partial charge < -0.3 is 15.4 Å². The molecular weight excluding hydrogens is 414 g/mol. The minimum atomic E-state index is -0.295. The number of hydrogen-bond donors (Lipinski definition) is 2. The number of ether oxygens (including phenoxy) is 1. The third-order valence-corrected chi connectivity index (χ3v) is 6.59. The highest BCUT2D eigenvalue weighted by atomic mass is 79.9. The van der Waals surface area contributed by atoms with E-state index in [1.54, 1.807) is 11.3 Å². The molecule has 0 fully saturated rings. The first-order chi connectivity index (χ1) is 12.6. The second-order valence-electron chi connectivity index (χ2n) is 6.49. The molecule has 4 rings (SSSR count). The molecule has 0 aliphatic carbocycles. The number of rotatable bonds is 4. The van der Waals surface area contributed by atoms with Crippen LogP contribution in [0.1, 0.15) is 46.4 Å². The van der Waals surface area contributed by atoms with Crippen molar-refractivity contribution in [2.24, 2.45) is 0 Å². The summed E-state index contributed by atoms with van der Waals surface area (Å²) in [5.74, 6) is 0.795. The molecule has 3 heterocycles. The van der Waals surface area contributed by atoms with Gasteiger partial charge in [-0.3, -0.25) is 9.69 Å². The minimum absolute atomic E-state index is 0.00798. The monoisotopic (exact) mass is 435 g/mol. The number of likely N-dealkylation sites (N-methyl/N-ethyl adjacent to an activating group) is 1. The molecule has 5 nitrogen and oxygen atoms in total.